The quantitative estimate of drug-likeness (QED) is 0.837. The third-order valence-corrected chi connectivity index (χ3v) is 4.27. The third kappa shape index (κ3) is 3.55. The summed E-state index contributed by atoms with van der Waals surface area (Å²) in [6.45, 7) is 4.71. The fourth-order valence-electron chi connectivity index (χ4n) is 3.15. The maximum Gasteiger partial charge on any atom is 0.115 e. The van der Waals surface area contributed by atoms with Gasteiger partial charge in [0.25, 0.3) is 0 Å². The van der Waals surface area contributed by atoms with Gasteiger partial charge in [-0.3, -0.25) is 0 Å². The average Bonchev–Trinajstić information content (AvgIpc) is 2.45. The number of aromatic hydroxyl groups is 1. The van der Waals surface area contributed by atoms with Crippen LogP contribution in [0.4, 0.5) is 0 Å². The molecule has 2 unspecified atom stereocenters. The van der Waals surface area contributed by atoms with Crippen LogP contribution in [0.5, 0.6) is 5.75 Å². The molecule has 1 fully saturated rings. The second-order valence-electron chi connectivity index (χ2n) is 6.14. The molecule has 2 atom stereocenters. The van der Waals surface area contributed by atoms with E-state index in [1.54, 1.807) is 18.2 Å². The number of aliphatic hydroxyl groups is 1. The molecule has 0 saturated heterocycles. The maximum absolute atomic E-state index is 11.1. The van der Waals surface area contributed by atoms with Crippen molar-refractivity contribution < 1.29 is 10.2 Å². The lowest BCUT2D eigenvalue weighted by Crippen LogP contribution is -2.45. The van der Waals surface area contributed by atoms with E-state index in [2.05, 4.69) is 11.5 Å². The highest BCUT2D eigenvalue weighted by Gasteiger charge is 2.40. The molecule has 0 amide bonds. The summed E-state index contributed by atoms with van der Waals surface area (Å²) in [6, 6.07) is 7.06. The molecular formula is C18H25NO2. The summed E-state index contributed by atoms with van der Waals surface area (Å²) in [4.78, 5) is 2.11. The van der Waals surface area contributed by atoms with Gasteiger partial charge in [-0.25, -0.2) is 0 Å². The van der Waals surface area contributed by atoms with Crippen LogP contribution in [0.15, 0.2) is 42.5 Å². The predicted molar refractivity (Wildman–Crippen MR) is 87.1 cm³/mol. The monoisotopic (exact) mass is 287 g/mol. The van der Waals surface area contributed by atoms with Crippen molar-refractivity contribution in [3.05, 3.63) is 48.1 Å². The van der Waals surface area contributed by atoms with Crippen LogP contribution >= 0.6 is 0 Å². The van der Waals surface area contributed by atoms with E-state index in [-0.39, 0.29) is 11.7 Å². The summed E-state index contributed by atoms with van der Waals surface area (Å²) in [5.41, 5.74) is 1.07. The molecule has 0 aromatic heterocycles. The van der Waals surface area contributed by atoms with Gasteiger partial charge >= 0.3 is 0 Å². The van der Waals surface area contributed by atoms with Crippen LogP contribution < -0.4 is 0 Å². The van der Waals surface area contributed by atoms with Gasteiger partial charge in [0.05, 0.1) is 0 Å². The van der Waals surface area contributed by atoms with Gasteiger partial charge in [0.1, 0.15) is 11.4 Å². The lowest BCUT2D eigenvalue weighted by Gasteiger charge is -2.41. The van der Waals surface area contributed by atoms with E-state index in [0.717, 1.165) is 36.9 Å². The van der Waals surface area contributed by atoms with Gasteiger partial charge in [-0.05, 0) is 56.6 Å². The van der Waals surface area contributed by atoms with Gasteiger partial charge in [-0.15, -0.1) is 0 Å². The fraction of sp³-hybridized carbons (Fsp3) is 0.444. The smallest absolute Gasteiger partial charge is 0.115 e. The highest BCUT2D eigenvalue weighted by atomic mass is 16.3. The minimum atomic E-state index is -0.944. The van der Waals surface area contributed by atoms with Crippen molar-refractivity contribution in [2.24, 2.45) is 5.92 Å². The van der Waals surface area contributed by atoms with Gasteiger partial charge in [-0.2, -0.15) is 0 Å². The molecule has 0 radical (unpaired) electrons. The molecule has 2 rings (SSSR count). The van der Waals surface area contributed by atoms with E-state index in [0.29, 0.717) is 0 Å². The van der Waals surface area contributed by atoms with Crippen molar-refractivity contribution in [2.75, 3.05) is 20.6 Å². The average molecular weight is 287 g/mol. The predicted octanol–water partition coefficient (Wildman–Crippen LogP) is 3.05. The topological polar surface area (TPSA) is 43.7 Å². The second-order valence-corrected chi connectivity index (χ2v) is 6.14. The van der Waals surface area contributed by atoms with Crippen molar-refractivity contribution in [1.29, 1.82) is 0 Å². The van der Waals surface area contributed by atoms with Crippen LogP contribution in [0.25, 0.3) is 6.08 Å². The number of benzene rings is 1. The largest absolute Gasteiger partial charge is 0.508 e. The lowest BCUT2D eigenvalue weighted by molar-refractivity contribution is 0.0292. The van der Waals surface area contributed by atoms with Crippen LogP contribution in [0, 0.1) is 5.92 Å². The number of phenolic OH excluding ortho intramolecular Hbond substituents is 1. The van der Waals surface area contributed by atoms with E-state index in [9.17, 15) is 10.2 Å². The zero-order chi connectivity index (χ0) is 15.5. The Kier molecular flexibility index (Phi) is 4.86. The first-order valence-corrected chi connectivity index (χ1v) is 7.46. The van der Waals surface area contributed by atoms with Crippen molar-refractivity contribution >= 4 is 6.08 Å². The Labute approximate surface area is 127 Å². The molecule has 0 bridgehead atoms. The SMILES string of the molecule is C=CC1(O)/C(=C/c2ccc(O)cc2)CCCC1CN(C)C. The molecule has 3 heteroatoms. The summed E-state index contributed by atoms with van der Waals surface area (Å²) < 4.78 is 0. The summed E-state index contributed by atoms with van der Waals surface area (Å²) >= 11 is 0. The van der Waals surface area contributed by atoms with Crippen molar-refractivity contribution in [3.8, 4) is 5.75 Å². The van der Waals surface area contributed by atoms with Crippen molar-refractivity contribution in [2.45, 2.75) is 24.9 Å². The number of nitrogens with zero attached hydrogens (tertiary/aromatic N) is 1. The molecule has 0 spiro atoms. The van der Waals surface area contributed by atoms with Crippen LogP contribution in [0.3, 0.4) is 0 Å². The molecule has 1 aliphatic rings. The first kappa shape index (κ1) is 15.8. The zero-order valence-electron chi connectivity index (χ0n) is 12.9. The Hall–Kier alpha value is -1.58. The van der Waals surface area contributed by atoms with E-state index in [1.807, 2.05) is 32.3 Å². The molecule has 1 aliphatic carbocycles. The van der Waals surface area contributed by atoms with E-state index >= 15 is 0 Å². The highest BCUT2D eigenvalue weighted by molar-refractivity contribution is 5.57. The van der Waals surface area contributed by atoms with Gasteiger partial charge in [0.15, 0.2) is 0 Å². The second kappa shape index (κ2) is 6.46. The highest BCUT2D eigenvalue weighted by Crippen LogP contribution is 2.40. The summed E-state index contributed by atoms with van der Waals surface area (Å²) in [5.74, 6) is 0.423. The molecule has 1 aromatic carbocycles. The molecule has 1 saturated carbocycles. The van der Waals surface area contributed by atoms with Crippen molar-refractivity contribution in [1.82, 2.24) is 4.90 Å². The summed E-state index contributed by atoms with van der Waals surface area (Å²) in [5, 5.41) is 20.5. The third-order valence-electron chi connectivity index (χ3n) is 4.27. The first-order chi connectivity index (χ1) is 9.95. The fourth-order valence-corrected chi connectivity index (χ4v) is 3.15. The van der Waals surface area contributed by atoms with Gasteiger partial charge < -0.3 is 15.1 Å². The number of rotatable bonds is 4. The molecule has 0 heterocycles. The molecule has 21 heavy (non-hydrogen) atoms. The normalized spacial score (nSPS) is 28.0. The van der Waals surface area contributed by atoms with E-state index in [4.69, 9.17) is 0 Å². The molecular weight excluding hydrogens is 262 g/mol. The lowest BCUT2D eigenvalue weighted by atomic mass is 9.71. The van der Waals surface area contributed by atoms with Gasteiger partial charge in [-0.1, -0.05) is 30.9 Å². The Morgan fingerprint density at radius 3 is 2.57 bits per heavy atom. The number of phenols is 1. The van der Waals surface area contributed by atoms with Crippen molar-refractivity contribution in [3.63, 3.8) is 0 Å². The van der Waals surface area contributed by atoms with E-state index in [1.165, 1.54) is 0 Å². The molecule has 1 aromatic rings. The maximum atomic E-state index is 11.1. The van der Waals surface area contributed by atoms with Crippen LogP contribution in [0.2, 0.25) is 0 Å². The minimum absolute atomic E-state index is 0.169. The Balaban J connectivity index is 2.32. The molecule has 3 nitrogen and oxygen atoms in total. The van der Waals surface area contributed by atoms with Gasteiger partial charge in [0.2, 0.25) is 0 Å². The zero-order valence-corrected chi connectivity index (χ0v) is 12.9. The van der Waals surface area contributed by atoms with Crippen LogP contribution in [-0.2, 0) is 0 Å². The summed E-state index contributed by atoms with van der Waals surface area (Å²) in [6.07, 6.45) is 6.69. The minimum Gasteiger partial charge on any atom is -0.508 e. The standard InChI is InChI=1S/C18H25NO2/c1-4-18(21)15(6-5-7-16(18)13-19(2)3)12-14-8-10-17(20)11-9-14/h4,8-12,16,20-21H,1,5-7,13H2,2-3H3/b15-12+. The molecule has 2 N–H and O–H groups in total. The first-order valence-electron chi connectivity index (χ1n) is 7.46. The molecule has 0 aliphatic heterocycles. The number of hydrogen-bond acceptors (Lipinski definition) is 3. The van der Waals surface area contributed by atoms with Crippen LogP contribution in [0.1, 0.15) is 24.8 Å². The van der Waals surface area contributed by atoms with E-state index < -0.39 is 5.60 Å². The molecule has 114 valence electrons. The summed E-state index contributed by atoms with van der Waals surface area (Å²) in [7, 11) is 4.06. The van der Waals surface area contributed by atoms with Gasteiger partial charge in [0, 0.05) is 12.5 Å². The Morgan fingerprint density at radius 1 is 1.33 bits per heavy atom. The Bertz CT molecular complexity index is 519. The van der Waals surface area contributed by atoms with Crippen LogP contribution in [-0.4, -0.2) is 41.4 Å². The Morgan fingerprint density at radius 2 is 2.00 bits per heavy atom. The number of hydrogen-bond donors (Lipinski definition) is 2.